The minimum Gasteiger partial charge on any atom is -0.487 e. The Morgan fingerprint density at radius 3 is 2.45 bits per heavy atom. The lowest BCUT2D eigenvalue weighted by atomic mass is 10.1. The minimum atomic E-state index is -0.626. The van der Waals surface area contributed by atoms with Crippen molar-refractivity contribution in [2.45, 2.75) is 27.0 Å². The third-order valence-corrected chi connectivity index (χ3v) is 5.27. The molecule has 174 valence electrons. The first-order valence-corrected chi connectivity index (χ1v) is 10.5. The average molecular weight is 473 g/mol. The molecule has 33 heavy (non-hydrogen) atoms. The molecule has 1 heterocycles. The number of methoxy groups -OCH3 is 2. The summed E-state index contributed by atoms with van der Waals surface area (Å²) in [7, 11) is 2.53. The van der Waals surface area contributed by atoms with Crippen LogP contribution in [-0.4, -0.2) is 42.7 Å². The van der Waals surface area contributed by atoms with Crippen LogP contribution in [0.4, 0.5) is 4.79 Å². The number of carbonyl (C=O) groups is 2. The molecule has 8 nitrogen and oxygen atoms in total. The maximum Gasteiger partial charge on any atom is 0.410 e. The second-order valence-electron chi connectivity index (χ2n) is 7.31. The van der Waals surface area contributed by atoms with Gasteiger partial charge < -0.3 is 18.6 Å². The monoisotopic (exact) mass is 472 g/mol. The van der Waals surface area contributed by atoms with Crippen LogP contribution in [0, 0.1) is 13.8 Å². The molecule has 0 aliphatic rings. The van der Waals surface area contributed by atoms with Crippen molar-refractivity contribution in [3.05, 3.63) is 70.1 Å². The molecule has 0 bridgehead atoms. The molecule has 0 saturated carbocycles. The van der Waals surface area contributed by atoms with E-state index in [9.17, 15) is 9.59 Å². The van der Waals surface area contributed by atoms with Crippen LogP contribution in [0.15, 0.2) is 46.9 Å². The lowest BCUT2D eigenvalue weighted by molar-refractivity contribution is -0.141. The van der Waals surface area contributed by atoms with Gasteiger partial charge in [-0.25, -0.2) is 9.78 Å². The number of esters is 1. The fourth-order valence-corrected chi connectivity index (χ4v) is 3.20. The smallest absolute Gasteiger partial charge is 0.410 e. The predicted octanol–water partition coefficient (Wildman–Crippen LogP) is 4.93. The molecular formula is C24H25ClN2O6. The Balaban J connectivity index is 1.72. The van der Waals surface area contributed by atoms with Gasteiger partial charge in [-0.05, 0) is 61.4 Å². The number of nitrogens with zero attached hydrogens (tertiary/aromatic N) is 2. The molecule has 0 saturated heterocycles. The highest BCUT2D eigenvalue weighted by atomic mass is 35.5. The Morgan fingerprint density at radius 2 is 1.79 bits per heavy atom. The number of halogens is 1. The second-order valence-corrected chi connectivity index (χ2v) is 7.74. The zero-order valence-electron chi connectivity index (χ0n) is 18.9. The molecule has 3 aromatic rings. The van der Waals surface area contributed by atoms with Gasteiger partial charge in [0.15, 0.2) is 0 Å². The molecule has 0 N–H and O–H groups in total. The fraction of sp³-hybridized carbons (Fsp3) is 0.292. The zero-order chi connectivity index (χ0) is 24.0. The average Bonchev–Trinajstić information content (AvgIpc) is 3.19. The molecule has 1 aromatic heterocycles. The van der Waals surface area contributed by atoms with Crippen LogP contribution in [0.2, 0.25) is 5.02 Å². The summed E-state index contributed by atoms with van der Waals surface area (Å²) in [5.74, 6) is 1.20. The molecule has 0 radical (unpaired) electrons. The Labute approximate surface area is 197 Å². The van der Waals surface area contributed by atoms with Gasteiger partial charge in [0, 0.05) is 10.6 Å². The van der Waals surface area contributed by atoms with Crippen LogP contribution in [0.3, 0.4) is 0 Å². The van der Waals surface area contributed by atoms with Crippen molar-refractivity contribution in [1.82, 2.24) is 9.88 Å². The molecule has 0 atom stereocenters. The van der Waals surface area contributed by atoms with Crippen LogP contribution < -0.4 is 4.74 Å². The number of oxazole rings is 1. The van der Waals surface area contributed by atoms with Crippen LogP contribution in [-0.2, 0) is 27.4 Å². The standard InChI is InChI=1S/C24H25ClN2O6/c1-15-5-10-20(11-18(15)12-27(24(29)31-4)13-22(28)30-3)32-14-21-16(2)33-23(26-21)17-6-8-19(25)9-7-17/h5-11H,12-14H2,1-4H3. The van der Waals surface area contributed by atoms with E-state index in [-0.39, 0.29) is 19.7 Å². The molecule has 0 unspecified atom stereocenters. The molecule has 0 aliphatic carbocycles. The first kappa shape index (κ1) is 24.1. The number of hydrogen-bond donors (Lipinski definition) is 0. The molecule has 2 aromatic carbocycles. The van der Waals surface area contributed by atoms with Gasteiger partial charge in [-0.2, -0.15) is 0 Å². The minimum absolute atomic E-state index is 0.161. The summed E-state index contributed by atoms with van der Waals surface area (Å²) in [6.07, 6.45) is -0.626. The molecule has 1 amide bonds. The Kier molecular flexibility index (Phi) is 7.95. The summed E-state index contributed by atoms with van der Waals surface area (Å²) in [6, 6.07) is 12.8. The number of aryl methyl sites for hydroxylation is 2. The highest BCUT2D eigenvalue weighted by molar-refractivity contribution is 6.30. The molecule has 0 fully saturated rings. The molecular weight excluding hydrogens is 448 g/mol. The van der Waals surface area contributed by atoms with E-state index >= 15 is 0 Å². The van der Waals surface area contributed by atoms with Gasteiger partial charge in [0.05, 0.1) is 20.8 Å². The first-order valence-electron chi connectivity index (χ1n) is 10.1. The number of ether oxygens (including phenoxy) is 3. The third-order valence-electron chi connectivity index (χ3n) is 5.02. The van der Waals surface area contributed by atoms with Crippen molar-refractivity contribution in [3.8, 4) is 17.2 Å². The van der Waals surface area contributed by atoms with Crippen LogP contribution in [0.25, 0.3) is 11.5 Å². The topological polar surface area (TPSA) is 91.1 Å². The van der Waals surface area contributed by atoms with Gasteiger partial charge in [-0.1, -0.05) is 17.7 Å². The molecule has 0 aliphatic heterocycles. The fourth-order valence-electron chi connectivity index (χ4n) is 3.08. The van der Waals surface area contributed by atoms with Gasteiger partial charge in [0.2, 0.25) is 5.89 Å². The summed E-state index contributed by atoms with van der Waals surface area (Å²) in [5.41, 5.74) is 3.23. The highest BCUT2D eigenvalue weighted by Crippen LogP contribution is 2.25. The lowest BCUT2D eigenvalue weighted by Crippen LogP contribution is -2.35. The summed E-state index contributed by atoms with van der Waals surface area (Å²) in [6.45, 7) is 3.88. The van der Waals surface area contributed by atoms with E-state index in [0.29, 0.717) is 28.1 Å². The van der Waals surface area contributed by atoms with Gasteiger partial charge in [-0.15, -0.1) is 0 Å². The van der Waals surface area contributed by atoms with E-state index in [1.54, 1.807) is 12.1 Å². The summed E-state index contributed by atoms with van der Waals surface area (Å²) < 4.78 is 21.2. The van der Waals surface area contributed by atoms with E-state index in [2.05, 4.69) is 9.72 Å². The highest BCUT2D eigenvalue weighted by Gasteiger charge is 2.20. The van der Waals surface area contributed by atoms with Crippen molar-refractivity contribution >= 4 is 23.7 Å². The second kappa shape index (κ2) is 10.9. The third kappa shape index (κ3) is 6.26. The SMILES string of the molecule is COC(=O)CN(Cc1cc(OCc2nc(-c3ccc(Cl)cc3)oc2C)ccc1C)C(=O)OC. The largest absolute Gasteiger partial charge is 0.487 e. The lowest BCUT2D eigenvalue weighted by Gasteiger charge is -2.21. The van der Waals surface area contributed by atoms with E-state index in [1.165, 1.54) is 19.1 Å². The zero-order valence-corrected chi connectivity index (χ0v) is 19.6. The predicted molar refractivity (Wildman–Crippen MR) is 122 cm³/mol. The number of carbonyl (C=O) groups excluding carboxylic acids is 2. The van der Waals surface area contributed by atoms with Gasteiger partial charge in [-0.3, -0.25) is 9.69 Å². The number of hydrogen-bond acceptors (Lipinski definition) is 7. The van der Waals surface area contributed by atoms with Gasteiger partial charge >= 0.3 is 12.1 Å². The molecule has 9 heteroatoms. The number of aromatic nitrogens is 1. The van der Waals surface area contributed by atoms with E-state index < -0.39 is 12.1 Å². The van der Waals surface area contributed by atoms with E-state index in [0.717, 1.165) is 16.7 Å². The van der Waals surface area contributed by atoms with Crippen molar-refractivity contribution in [3.63, 3.8) is 0 Å². The van der Waals surface area contributed by atoms with Crippen molar-refractivity contribution < 1.29 is 28.2 Å². The quantitative estimate of drug-likeness (QED) is 0.429. The normalized spacial score (nSPS) is 10.6. The summed E-state index contributed by atoms with van der Waals surface area (Å²) in [4.78, 5) is 29.6. The van der Waals surface area contributed by atoms with Crippen molar-refractivity contribution in [1.29, 1.82) is 0 Å². The summed E-state index contributed by atoms with van der Waals surface area (Å²) >= 11 is 5.94. The number of amides is 1. The first-order chi connectivity index (χ1) is 15.8. The Hall–Kier alpha value is -3.52. The number of rotatable bonds is 8. The molecule has 3 rings (SSSR count). The number of benzene rings is 2. The Bertz CT molecular complexity index is 1130. The van der Waals surface area contributed by atoms with Gasteiger partial charge in [0.25, 0.3) is 0 Å². The van der Waals surface area contributed by atoms with Gasteiger partial charge in [0.1, 0.15) is 30.4 Å². The summed E-state index contributed by atoms with van der Waals surface area (Å²) in [5, 5.41) is 0.637. The van der Waals surface area contributed by atoms with Crippen LogP contribution in [0.5, 0.6) is 5.75 Å². The molecule has 0 spiro atoms. The van der Waals surface area contributed by atoms with Crippen LogP contribution >= 0.6 is 11.6 Å². The van der Waals surface area contributed by atoms with Crippen molar-refractivity contribution in [2.24, 2.45) is 0 Å². The maximum absolute atomic E-state index is 12.1. The van der Waals surface area contributed by atoms with E-state index in [4.69, 9.17) is 25.5 Å². The van der Waals surface area contributed by atoms with Crippen LogP contribution in [0.1, 0.15) is 22.6 Å². The van der Waals surface area contributed by atoms with Crippen molar-refractivity contribution in [2.75, 3.05) is 20.8 Å². The Morgan fingerprint density at radius 1 is 1.06 bits per heavy atom. The van der Waals surface area contributed by atoms with E-state index in [1.807, 2.05) is 44.2 Å². The maximum atomic E-state index is 12.1.